The van der Waals surface area contributed by atoms with Crippen molar-refractivity contribution < 1.29 is 14.6 Å². The quantitative estimate of drug-likeness (QED) is 0.577. The van der Waals surface area contributed by atoms with Crippen LogP contribution in [0.3, 0.4) is 0 Å². The first-order valence-corrected chi connectivity index (χ1v) is 7.11. The van der Waals surface area contributed by atoms with E-state index in [1.165, 1.54) is 0 Å². The number of hydrogen-bond acceptors (Lipinski definition) is 4. The Morgan fingerprint density at radius 2 is 2.10 bits per heavy atom. The molecular weight excluding hydrogens is 276 g/mol. The highest BCUT2D eigenvalue weighted by atomic mass is 32.1. The SMILES string of the molecule is O=C1O[C@@H]2[C@@H]3NC(=S)N(c4ccccc4)[C@H]3[C@@H]1C[C@H]2O. The van der Waals surface area contributed by atoms with Crippen molar-refractivity contribution in [1.82, 2.24) is 5.32 Å². The van der Waals surface area contributed by atoms with Gasteiger partial charge in [-0.1, -0.05) is 18.2 Å². The van der Waals surface area contributed by atoms with E-state index in [1.807, 2.05) is 35.2 Å². The Hall–Kier alpha value is -1.66. The van der Waals surface area contributed by atoms with Crippen LogP contribution >= 0.6 is 12.2 Å². The molecule has 5 atom stereocenters. The van der Waals surface area contributed by atoms with Crippen molar-refractivity contribution >= 4 is 29.0 Å². The van der Waals surface area contributed by atoms with Gasteiger partial charge in [-0.15, -0.1) is 0 Å². The lowest BCUT2D eigenvalue weighted by molar-refractivity contribution is -0.188. The molecule has 4 aliphatic rings. The predicted octanol–water partition coefficient (Wildman–Crippen LogP) is 0.424. The predicted molar refractivity (Wildman–Crippen MR) is 76.2 cm³/mol. The smallest absolute Gasteiger partial charge is 0.311 e. The molecule has 4 fully saturated rings. The fourth-order valence-electron chi connectivity index (χ4n) is 3.56. The molecule has 20 heavy (non-hydrogen) atoms. The highest BCUT2D eigenvalue weighted by molar-refractivity contribution is 7.80. The van der Waals surface area contributed by atoms with Gasteiger partial charge < -0.3 is 20.1 Å². The van der Waals surface area contributed by atoms with Gasteiger partial charge in [-0.05, 0) is 30.8 Å². The van der Waals surface area contributed by atoms with E-state index in [-0.39, 0.29) is 24.0 Å². The highest BCUT2D eigenvalue weighted by Gasteiger charge is 2.60. The largest absolute Gasteiger partial charge is 0.457 e. The third-order valence-electron chi connectivity index (χ3n) is 4.41. The standard InChI is InChI=1S/C14H14N2O3S/c17-9-6-8-11-10(12(9)19-13(8)18)15-14(20)16(11)7-4-2-1-3-5-7/h1-5,8-12,17H,6H2,(H,15,20)/t8-,9+,10+,11-,12-/m0/s1. The minimum atomic E-state index is -0.607. The minimum absolute atomic E-state index is 0.0699. The molecular formula is C14H14N2O3S. The molecule has 0 unspecified atom stereocenters. The van der Waals surface area contributed by atoms with Crippen LogP contribution in [-0.4, -0.2) is 40.5 Å². The number of carbonyl (C=O) groups excluding carboxylic acids is 1. The molecule has 2 bridgehead atoms. The maximum Gasteiger partial charge on any atom is 0.311 e. The summed E-state index contributed by atoms with van der Waals surface area (Å²) >= 11 is 5.41. The molecule has 5 nitrogen and oxygen atoms in total. The Morgan fingerprint density at radius 1 is 1.35 bits per heavy atom. The van der Waals surface area contributed by atoms with Gasteiger partial charge in [0.2, 0.25) is 0 Å². The maximum atomic E-state index is 12.0. The van der Waals surface area contributed by atoms with Gasteiger partial charge in [-0.2, -0.15) is 0 Å². The molecule has 3 heterocycles. The third-order valence-corrected chi connectivity index (χ3v) is 4.72. The Labute approximate surface area is 121 Å². The zero-order valence-electron chi connectivity index (χ0n) is 10.6. The van der Waals surface area contributed by atoms with E-state index in [1.54, 1.807) is 0 Å². The number of para-hydroxylation sites is 1. The van der Waals surface area contributed by atoms with Crippen LogP contribution in [0.25, 0.3) is 0 Å². The van der Waals surface area contributed by atoms with E-state index < -0.39 is 12.2 Å². The number of hydrogen-bond donors (Lipinski definition) is 2. The molecule has 0 aromatic heterocycles. The number of carbonyl (C=O) groups is 1. The first-order chi connectivity index (χ1) is 9.66. The summed E-state index contributed by atoms with van der Waals surface area (Å²) in [5.74, 6) is -0.567. The second-order valence-electron chi connectivity index (χ2n) is 5.48. The van der Waals surface area contributed by atoms with Crippen molar-refractivity contribution in [3.8, 4) is 0 Å². The maximum absolute atomic E-state index is 12.0. The van der Waals surface area contributed by atoms with Crippen LogP contribution in [0.15, 0.2) is 30.3 Å². The van der Waals surface area contributed by atoms with E-state index >= 15 is 0 Å². The fourth-order valence-corrected chi connectivity index (χ4v) is 3.92. The molecule has 1 aromatic rings. The van der Waals surface area contributed by atoms with Gasteiger partial charge in [-0.3, -0.25) is 4.79 Å². The summed E-state index contributed by atoms with van der Waals surface area (Å²) in [6, 6.07) is 9.58. The molecule has 0 radical (unpaired) electrons. The van der Waals surface area contributed by atoms with Gasteiger partial charge in [-0.25, -0.2) is 0 Å². The molecule has 5 rings (SSSR count). The van der Waals surface area contributed by atoms with Gasteiger partial charge in [0.1, 0.15) is 6.10 Å². The van der Waals surface area contributed by atoms with Crippen LogP contribution in [0.5, 0.6) is 0 Å². The van der Waals surface area contributed by atoms with Crippen LogP contribution in [0.2, 0.25) is 0 Å². The zero-order valence-corrected chi connectivity index (χ0v) is 11.4. The van der Waals surface area contributed by atoms with Crippen molar-refractivity contribution in [1.29, 1.82) is 0 Å². The van der Waals surface area contributed by atoms with Crippen molar-refractivity contribution in [3.63, 3.8) is 0 Å². The van der Waals surface area contributed by atoms with Crippen molar-refractivity contribution in [2.45, 2.75) is 30.7 Å². The van der Waals surface area contributed by atoms with Gasteiger partial charge in [0, 0.05) is 5.69 Å². The van der Waals surface area contributed by atoms with Crippen molar-refractivity contribution in [3.05, 3.63) is 30.3 Å². The number of nitrogens with one attached hydrogen (secondary N) is 1. The monoisotopic (exact) mass is 290 g/mol. The van der Waals surface area contributed by atoms with Crippen LogP contribution in [-0.2, 0) is 9.53 Å². The first kappa shape index (κ1) is 12.1. The molecule has 2 N–H and O–H groups in total. The number of benzene rings is 1. The van der Waals surface area contributed by atoms with Gasteiger partial charge in [0.05, 0.1) is 24.1 Å². The number of aliphatic hydroxyl groups is 1. The summed E-state index contributed by atoms with van der Waals surface area (Å²) < 4.78 is 5.31. The zero-order chi connectivity index (χ0) is 13.9. The fraction of sp³-hybridized carbons (Fsp3) is 0.429. The molecule has 0 spiro atoms. The van der Waals surface area contributed by atoms with Gasteiger partial charge in [0.15, 0.2) is 5.11 Å². The van der Waals surface area contributed by atoms with Crippen LogP contribution in [0, 0.1) is 5.92 Å². The molecule has 1 aromatic carbocycles. The van der Waals surface area contributed by atoms with E-state index in [9.17, 15) is 9.90 Å². The summed E-state index contributed by atoms with van der Waals surface area (Å²) in [5, 5.41) is 13.8. The number of nitrogens with zero attached hydrogens (tertiary/aromatic N) is 1. The van der Waals surface area contributed by atoms with Crippen molar-refractivity contribution in [2.75, 3.05) is 4.90 Å². The Balaban J connectivity index is 1.76. The number of rotatable bonds is 1. The molecule has 6 heteroatoms. The Bertz CT molecular complexity index is 579. The summed E-state index contributed by atoms with van der Waals surface area (Å²) in [4.78, 5) is 14.0. The van der Waals surface area contributed by atoms with E-state index in [0.29, 0.717) is 11.5 Å². The summed E-state index contributed by atoms with van der Waals surface area (Å²) in [6.07, 6.45) is -0.674. The summed E-state index contributed by atoms with van der Waals surface area (Å²) in [5.41, 5.74) is 0.965. The molecule has 3 aliphatic heterocycles. The summed E-state index contributed by atoms with van der Waals surface area (Å²) in [7, 11) is 0. The van der Waals surface area contributed by atoms with Crippen LogP contribution in [0.4, 0.5) is 5.69 Å². The topological polar surface area (TPSA) is 61.8 Å². The number of anilines is 1. The number of ether oxygens (including phenoxy) is 1. The second kappa shape index (κ2) is 4.17. The number of thiocarbonyl (C=S) groups is 1. The highest BCUT2D eigenvalue weighted by Crippen LogP contribution is 2.41. The Kier molecular flexibility index (Phi) is 2.52. The average Bonchev–Trinajstić information content (AvgIpc) is 2.79. The van der Waals surface area contributed by atoms with Crippen molar-refractivity contribution in [2.24, 2.45) is 5.92 Å². The number of esters is 1. The lowest BCUT2D eigenvalue weighted by atomic mass is 9.75. The number of fused-ring (bicyclic) bond motifs is 2. The lowest BCUT2D eigenvalue weighted by Gasteiger charge is -2.47. The first-order valence-electron chi connectivity index (χ1n) is 6.70. The second-order valence-corrected chi connectivity index (χ2v) is 5.87. The van der Waals surface area contributed by atoms with E-state index in [2.05, 4.69) is 5.32 Å². The van der Waals surface area contributed by atoms with Crippen LogP contribution < -0.4 is 10.2 Å². The number of aliphatic hydroxyl groups excluding tert-OH is 1. The van der Waals surface area contributed by atoms with Gasteiger partial charge >= 0.3 is 5.97 Å². The minimum Gasteiger partial charge on any atom is -0.457 e. The van der Waals surface area contributed by atoms with Gasteiger partial charge in [0.25, 0.3) is 0 Å². The summed E-state index contributed by atoms with van der Waals surface area (Å²) in [6.45, 7) is 0. The molecule has 1 aliphatic carbocycles. The third kappa shape index (κ3) is 1.52. The van der Waals surface area contributed by atoms with Crippen LogP contribution in [0.1, 0.15) is 6.42 Å². The molecule has 1 saturated carbocycles. The Morgan fingerprint density at radius 3 is 2.85 bits per heavy atom. The van der Waals surface area contributed by atoms with E-state index in [4.69, 9.17) is 17.0 Å². The lowest BCUT2D eigenvalue weighted by Crippen LogP contribution is -2.66. The van der Waals surface area contributed by atoms with E-state index in [0.717, 1.165) is 5.69 Å². The molecule has 3 saturated heterocycles. The average molecular weight is 290 g/mol. The molecule has 0 amide bonds. The normalized spacial score (nSPS) is 38.5. The molecule has 104 valence electrons.